The molecule has 2 aliphatic rings. The molecule has 5 heteroatoms. The fourth-order valence-corrected chi connectivity index (χ4v) is 4.69. The van der Waals surface area contributed by atoms with Gasteiger partial charge in [0.1, 0.15) is 0 Å². The van der Waals surface area contributed by atoms with Gasteiger partial charge in [-0.05, 0) is 36.0 Å². The van der Waals surface area contributed by atoms with Crippen LogP contribution in [0.3, 0.4) is 0 Å². The number of nitrogens with one attached hydrogen (secondary N) is 2. The zero-order valence-corrected chi connectivity index (χ0v) is 17.1. The number of hydrogen-bond donors (Lipinski definition) is 2. The molecule has 0 spiro atoms. The number of benzene rings is 2. The van der Waals surface area contributed by atoms with E-state index in [0.29, 0.717) is 25.2 Å². The van der Waals surface area contributed by atoms with Crippen molar-refractivity contribution in [3.63, 3.8) is 0 Å². The Labute approximate surface area is 173 Å². The number of likely N-dealkylation sites (tertiary alicyclic amines) is 1. The van der Waals surface area contributed by atoms with Crippen LogP contribution in [0.5, 0.6) is 0 Å². The number of fused-ring (bicyclic) bond motifs is 1. The van der Waals surface area contributed by atoms with E-state index in [2.05, 4.69) is 64.1 Å². The van der Waals surface area contributed by atoms with E-state index in [1.165, 1.54) is 16.7 Å². The Balaban J connectivity index is 1.42. The highest BCUT2D eigenvalue weighted by Gasteiger charge is 2.41. The lowest BCUT2D eigenvalue weighted by Gasteiger charge is -2.29. The normalized spacial score (nSPS) is 22.0. The smallest absolute Gasteiger partial charge is 0.237 e. The summed E-state index contributed by atoms with van der Waals surface area (Å²) >= 11 is 0. The fourth-order valence-electron chi connectivity index (χ4n) is 4.69. The largest absolute Gasteiger partial charge is 0.383 e. The first kappa shape index (κ1) is 20.1. The summed E-state index contributed by atoms with van der Waals surface area (Å²) in [6, 6.07) is 19.8. The molecule has 0 radical (unpaired) electrons. The molecule has 0 aromatic heterocycles. The maximum Gasteiger partial charge on any atom is 0.237 e. The van der Waals surface area contributed by atoms with Crippen LogP contribution in [0.1, 0.15) is 23.1 Å². The third kappa shape index (κ3) is 4.86. The molecular weight excluding hydrogens is 362 g/mol. The van der Waals surface area contributed by atoms with Gasteiger partial charge in [-0.15, -0.1) is 0 Å². The van der Waals surface area contributed by atoms with E-state index in [1.807, 2.05) is 6.07 Å². The van der Waals surface area contributed by atoms with Crippen molar-refractivity contribution >= 4 is 5.91 Å². The zero-order chi connectivity index (χ0) is 20.1. The van der Waals surface area contributed by atoms with E-state index < -0.39 is 0 Å². The minimum Gasteiger partial charge on any atom is -0.383 e. The zero-order valence-electron chi connectivity index (χ0n) is 17.1. The van der Waals surface area contributed by atoms with Gasteiger partial charge in [-0.3, -0.25) is 9.69 Å². The highest BCUT2D eigenvalue weighted by molar-refractivity contribution is 5.82. The van der Waals surface area contributed by atoms with Crippen molar-refractivity contribution in [1.82, 2.24) is 15.5 Å². The Morgan fingerprint density at radius 2 is 1.76 bits per heavy atom. The van der Waals surface area contributed by atoms with Crippen molar-refractivity contribution in [3.8, 4) is 0 Å². The van der Waals surface area contributed by atoms with Crippen molar-refractivity contribution in [1.29, 1.82) is 0 Å². The van der Waals surface area contributed by atoms with Gasteiger partial charge in [0, 0.05) is 38.8 Å². The summed E-state index contributed by atoms with van der Waals surface area (Å²) in [6.45, 7) is 2.85. The topological polar surface area (TPSA) is 53.6 Å². The van der Waals surface area contributed by atoms with Crippen LogP contribution in [0.15, 0.2) is 54.6 Å². The van der Waals surface area contributed by atoms with Gasteiger partial charge < -0.3 is 15.4 Å². The molecule has 2 aromatic carbocycles. The lowest BCUT2D eigenvalue weighted by Crippen LogP contribution is -2.48. The lowest BCUT2D eigenvalue weighted by molar-refractivity contribution is -0.126. The lowest BCUT2D eigenvalue weighted by atomic mass is 10.1. The van der Waals surface area contributed by atoms with Crippen molar-refractivity contribution in [3.05, 3.63) is 71.3 Å². The number of carbonyl (C=O) groups excluding carboxylic acids is 1. The van der Waals surface area contributed by atoms with E-state index in [9.17, 15) is 4.79 Å². The molecule has 0 bridgehead atoms. The van der Waals surface area contributed by atoms with Gasteiger partial charge in [0.2, 0.25) is 5.91 Å². The first-order valence-electron chi connectivity index (χ1n) is 10.6. The molecule has 5 nitrogen and oxygen atoms in total. The van der Waals surface area contributed by atoms with Crippen LogP contribution in [0.4, 0.5) is 0 Å². The van der Waals surface area contributed by atoms with E-state index in [-0.39, 0.29) is 11.9 Å². The summed E-state index contributed by atoms with van der Waals surface area (Å²) in [5.41, 5.74) is 4.13. The van der Waals surface area contributed by atoms with Gasteiger partial charge in [0.15, 0.2) is 0 Å². The number of hydrogen-bond acceptors (Lipinski definition) is 4. The van der Waals surface area contributed by atoms with Gasteiger partial charge in [-0.1, -0.05) is 54.6 Å². The van der Waals surface area contributed by atoms with E-state index in [1.54, 1.807) is 7.11 Å². The SMILES string of the molecule is COCCNC(=O)[C@@H]1C[C@@H](NCc2ccccc2)CN1C1Cc2ccccc2C1. The number of carbonyl (C=O) groups is 1. The predicted octanol–water partition coefficient (Wildman–Crippen LogP) is 2.15. The van der Waals surface area contributed by atoms with Crippen molar-refractivity contribution in [2.24, 2.45) is 0 Å². The summed E-state index contributed by atoms with van der Waals surface area (Å²) in [4.78, 5) is 15.4. The second-order valence-electron chi connectivity index (χ2n) is 8.13. The van der Waals surface area contributed by atoms with E-state index in [4.69, 9.17) is 4.74 Å². The van der Waals surface area contributed by atoms with Gasteiger partial charge in [0.25, 0.3) is 0 Å². The maximum absolute atomic E-state index is 12.9. The molecule has 1 aliphatic carbocycles. The van der Waals surface area contributed by atoms with Crippen molar-refractivity contribution in [2.45, 2.75) is 43.9 Å². The van der Waals surface area contributed by atoms with Crippen LogP contribution >= 0.6 is 0 Å². The molecular formula is C24H31N3O2. The van der Waals surface area contributed by atoms with E-state index in [0.717, 1.165) is 32.4 Å². The average Bonchev–Trinajstić information content (AvgIpc) is 3.37. The van der Waals surface area contributed by atoms with Crippen LogP contribution in [-0.2, 0) is 28.9 Å². The van der Waals surface area contributed by atoms with Crippen molar-refractivity contribution in [2.75, 3.05) is 26.8 Å². The molecule has 1 heterocycles. The number of rotatable bonds is 8. The Morgan fingerprint density at radius 1 is 1.07 bits per heavy atom. The van der Waals surface area contributed by atoms with Gasteiger partial charge in [-0.25, -0.2) is 0 Å². The number of methoxy groups -OCH3 is 1. The molecule has 0 saturated carbocycles. The Hall–Kier alpha value is -2.21. The summed E-state index contributed by atoms with van der Waals surface area (Å²) < 4.78 is 5.09. The van der Waals surface area contributed by atoms with Crippen LogP contribution in [0.2, 0.25) is 0 Å². The van der Waals surface area contributed by atoms with Crippen LogP contribution in [0, 0.1) is 0 Å². The van der Waals surface area contributed by atoms with Crippen LogP contribution in [-0.4, -0.2) is 55.7 Å². The van der Waals surface area contributed by atoms with Gasteiger partial charge in [-0.2, -0.15) is 0 Å². The molecule has 1 amide bonds. The molecule has 2 atom stereocenters. The Kier molecular flexibility index (Phi) is 6.60. The Morgan fingerprint density at radius 3 is 2.45 bits per heavy atom. The van der Waals surface area contributed by atoms with Crippen LogP contribution in [0.25, 0.3) is 0 Å². The molecule has 29 heavy (non-hydrogen) atoms. The molecule has 1 saturated heterocycles. The number of amides is 1. The second-order valence-corrected chi connectivity index (χ2v) is 8.13. The van der Waals surface area contributed by atoms with Crippen LogP contribution < -0.4 is 10.6 Å². The summed E-state index contributed by atoms with van der Waals surface area (Å²) in [6.07, 6.45) is 2.91. The third-order valence-electron chi connectivity index (χ3n) is 6.18. The number of ether oxygens (including phenoxy) is 1. The summed E-state index contributed by atoms with van der Waals surface area (Å²) in [5.74, 6) is 0.127. The predicted molar refractivity (Wildman–Crippen MR) is 115 cm³/mol. The van der Waals surface area contributed by atoms with Gasteiger partial charge in [0.05, 0.1) is 12.6 Å². The molecule has 4 rings (SSSR count). The fraction of sp³-hybridized carbons (Fsp3) is 0.458. The molecule has 2 aromatic rings. The van der Waals surface area contributed by atoms with Gasteiger partial charge >= 0.3 is 0 Å². The average molecular weight is 394 g/mol. The molecule has 1 fully saturated rings. The summed E-state index contributed by atoms with van der Waals surface area (Å²) in [7, 11) is 1.66. The third-order valence-corrected chi connectivity index (χ3v) is 6.18. The quantitative estimate of drug-likeness (QED) is 0.675. The second kappa shape index (κ2) is 9.53. The highest BCUT2D eigenvalue weighted by Crippen LogP contribution is 2.31. The Bertz CT molecular complexity index is 786. The molecule has 2 N–H and O–H groups in total. The minimum atomic E-state index is -0.0839. The van der Waals surface area contributed by atoms with E-state index >= 15 is 0 Å². The molecule has 1 aliphatic heterocycles. The molecule has 154 valence electrons. The highest BCUT2D eigenvalue weighted by atomic mass is 16.5. The maximum atomic E-state index is 12.9. The minimum absolute atomic E-state index is 0.0839. The molecule has 0 unspecified atom stereocenters. The first-order chi connectivity index (χ1) is 14.2. The monoisotopic (exact) mass is 393 g/mol. The standard InChI is InChI=1S/C24H31N3O2/c1-29-12-11-25-24(28)23-15-21(26-16-18-7-3-2-4-8-18)17-27(23)22-13-19-9-5-6-10-20(19)14-22/h2-10,21-23,26H,11-17H2,1H3,(H,25,28)/t21-,23+/m1/s1. The van der Waals surface area contributed by atoms with Crippen molar-refractivity contribution < 1.29 is 9.53 Å². The first-order valence-corrected chi connectivity index (χ1v) is 10.6. The summed E-state index contributed by atoms with van der Waals surface area (Å²) in [5, 5.41) is 6.74. The number of nitrogens with zero attached hydrogens (tertiary/aromatic N) is 1.